The number of nitrogens with two attached hydrogens (primary N) is 1. The maximum atomic E-state index is 11.6. The van der Waals surface area contributed by atoms with Gasteiger partial charge in [-0.1, -0.05) is 0 Å². The van der Waals surface area contributed by atoms with Crippen molar-refractivity contribution in [3.05, 3.63) is 0 Å². The molecule has 0 saturated heterocycles. The van der Waals surface area contributed by atoms with E-state index >= 15 is 0 Å². The molecule has 1 aliphatic rings. The summed E-state index contributed by atoms with van der Waals surface area (Å²) in [5, 5.41) is 0. The predicted octanol–water partition coefficient (Wildman–Crippen LogP) is 0.188. The molecule has 0 aliphatic carbocycles. The van der Waals surface area contributed by atoms with Gasteiger partial charge in [0.05, 0.1) is 11.5 Å². The van der Waals surface area contributed by atoms with Gasteiger partial charge in [0, 0.05) is 7.05 Å². The minimum atomic E-state index is -0.433. The predicted molar refractivity (Wildman–Crippen MR) is 47.6 cm³/mol. The monoisotopic (exact) mass is 169 g/mol. The Hall–Kier alpha value is -1.06. The van der Waals surface area contributed by atoms with Crippen LogP contribution in [0.15, 0.2) is 4.99 Å². The van der Waals surface area contributed by atoms with Gasteiger partial charge in [-0.3, -0.25) is 9.69 Å². The Balaban J connectivity index is 3.08. The normalized spacial score (nSPS) is 28.7. The van der Waals surface area contributed by atoms with E-state index in [0.717, 1.165) is 0 Å². The molecule has 0 saturated carbocycles. The van der Waals surface area contributed by atoms with Crippen LogP contribution >= 0.6 is 0 Å². The summed E-state index contributed by atoms with van der Waals surface area (Å²) < 4.78 is 0. The standard InChI is InChI=1S/C8H15N3O/c1-5-8(2,3)6(12)11(4)7(9)10-5/h5H,1-4H3,(H2,9,10)/t5-/m0/s1. The maximum absolute atomic E-state index is 11.6. The second kappa shape index (κ2) is 2.47. The summed E-state index contributed by atoms with van der Waals surface area (Å²) in [6.07, 6.45) is 0. The summed E-state index contributed by atoms with van der Waals surface area (Å²) in [5.41, 5.74) is 5.10. The van der Waals surface area contributed by atoms with Crippen LogP contribution in [0.1, 0.15) is 20.8 Å². The number of rotatable bonds is 0. The van der Waals surface area contributed by atoms with E-state index in [1.54, 1.807) is 7.05 Å². The number of hydrogen-bond acceptors (Lipinski definition) is 3. The summed E-state index contributed by atoms with van der Waals surface area (Å²) in [4.78, 5) is 17.2. The molecule has 0 radical (unpaired) electrons. The quantitative estimate of drug-likeness (QED) is 0.562. The van der Waals surface area contributed by atoms with Gasteiger partial charge in [-0.15, -0.1) is 0 Å². The van der Waals surface area contributed by atoms with Crippen molar-refractivity contribution in [3.8, 4) is 0 Å². The van der Waals surface area contributed by atoms with Crippen molar-refractivity contribution < 1.29 is 4.79 Å². The Bertz CT molecular complexity index is 245. The van der Waals surface area contributed by atoms with Crippen LogP contribution in [-0.2, 0) is 4.79 Å². The van der Waals surface area contributed by atoms with Gasteiger partial charge in [-0.25, -0.2) is 4.99 Å². The fourth-order valence-corrected chi connectivity index (χ4v) is 1.16. The van der Waals surface area contributed by atoms with Gasteiger partial charge >= 0.3 is 0 Å². The highest BCUT2D eigenvalue weighted by molar-refractivity contribution is 6.00. The average Bonchev–Trinajstić information content (AvgIpc) is 1.99. The molecule has 0 spiro atoms. The van der Waals surface area contributed by atoms with Crippen LogP contribution in [0.4, 0.5) is 0 Å². The van der Waals surface area contributed by atoms with Crippen LogP contribution < -0.4 is 5.73 Å². The molecule has 68 valence electrons. The summed E-state index contributed by atoms with van der Waals surface area (Å²) in [6, 6.07) is -0.0406. The highest BCUT2D eigenvalue weighted by Gasteiger charge is 2.40. The van der Waals surface area contributed by atoms with E-state index in [2.05, 4.69) is 4.99 Å². The number of guanidine groups is 1. The number of amides is 1. The van der Waals surface area contributed by atoms with E-state index in [9.17, 15) is 4.79 Å². The molecule has 0 bridgehead atoms. The molecule has 0 fully saturated rings. The third kappa shape index (κ3) is 1.07. The maximum Gasteiger partial charge on any atom is 0.236 e. The Morgan fingerprint density at radius 3 is 2.58 bits per heavy atom. The molecular formula is C8H15N3O. The van der Waals surface area contributed by atoms with E-state index < -0.39 is 5.41 Å². The van der Waals surface area contributed by atoms with E-state index in [1.165, 1.54) is 4.90 Å². The minimum Gasteiger partial charge on any atom is -0.369 e. The molecule has 1 heterocycles. The number of carbonyl (C=O) groups excluding carboxylic acids is 1. The van der Waals surface area contributed by atoms with Gasteiger partial charge in [0.25, 0.3) is 0 Å². The first kappa shape index (κ1) is 9.03. The Morgan fingerprint density at radius 1 is 1.58 bits per heavy atom. The number of hydrogen-bond donors (Lipinski definition) is 1. The summed E-state index contributed by atoms with van der Waals surface area (Å²) >= 11 is 0. The van der Waals surface area contributed by atoms with Gasteiger partial charge in [-0.2, -0.15) is 0 Å². The van der Waals surface area contributed by atoms with Crippen LogP contribution in [0, 0.1) is 5.41 Å². The first-order valence-corrected chi connectivity index (χ1v) is 3.99. The smallest absolute Gasteiger partial charge is 0.236 e. The summed E-state index contributed by atoms with van der Waals surface area (Å²) in [5.74, 6) is 0.342. The largest absolute Gasteiger partial charge is 0.369 e. The van der Waals surface area contributed by atoms with Crippen molar-refractivity contribution >= 4 is 11.9 Å². The molecule has 1 aliphatic heterocycles. The lowest BCUT2D eigenvalue weighted by Crippen LogP contribution is -2.53. The molecule has 4 nitrogen and oxygen atoms in total. The van der Waals surface area contributed by atoms with E-state index in [4.69, 9.17) is 5.73 Å². The van der Waals surface area contributed by atoms with Crippen LogP contribution in [0.5, 0.6) is 0 Å². The highest BCUT2D eigenvalue weighted by atomic mass is 16.2. The molecule has 12 heavy (non-hydrogen) atoms. The minimum absolute atomic E-state index is 0.0301. The zero-order valence-electron chi connectivity index (χ0n) is 7.96. The van der Waals surface area contributed by atoms with Crippen LogP contribution in [0.2, 0.25) is 0 Å². The van der Waals surface area contributed by atoms with E-state index in [-0.39, 0.29) is 11.9 Å². The second-order valence-corrected chi connectivity index (χ2v) is 3.75. The van der Waals surface area contributed by atoms with Crippen molar-refractivity contribution in [2.24, 2.45) is 16.1 Å². The molecule has 0 aromatic heterocycles. The lowest BCUT2D eigenvalue weighted by Gasteiger charge is -2.36. The Morgan fingerprint density at radius 2 is 2.08 bits per heavy atom. The van der Waals surface area contributed by atoms with Crippen LogP contribution in [0.25, 0.3) is 0 Å². The third-order valence-corrected chi connectivity index (χ3v) is 2.57. The topological polar surface area (TPSA) is 58.7 Å². The molecule has 1 atom stereocenters. The average molecular weight is 169 g/mol. The van der Waals surface area contributed by atoms with E-state index in [0.29, 0.717) is 5.96 Å². The zero-order chi connectivity index (χ0) is 9.52. The van der Waals surface area contributed by atoms with E-state index in [1.807, 2.05) is 20.8 Å². The second-order valence-electron chi connectivity index (χ2n) is 3.75. The van der Waals surface area contributed by atoms with Gasteiger partial charge in [0.1, 0.15) is 0 Å². The van der Waals surface area contributed by atoms with Gasteiger partial charge in [0.2, 0.25) is 5.91 Å². The highest BCUT2D eigenvalue weighted by Crippen LogP contribution is 2.28. The van der Waals surface area contributed by atoms with Crippen molar-refractivity contribution in [2.45, 2.75) is 26.8 Å². The van der Waals surface area contributed by atoms with Crippen molar-refractivity contribution in [1.82, 2.24) is 4.90 Å². The van der Waals surface area contributed by atoms with Crippen molar-refractivity contribution in [2.75, 3.05) is 7.05 Å². The van der Waals surface area contributed by atoms with Crippen molar-refractivity contribution in [3.63, 3.8) is 0 Å². The molecular weight excluding hydrogens is 154 g/mol. The Labute approximate surface area is 72.4 Å². The van der Waals surface area contributed by atoms with Crippen molar-refractivity contribution in [1.29, 1.82) is 0 Å². The van der Waals surface area contributed by atoms with Gasteiger partial charge in [-0.05, 0) is 20.8 Å². The van der Waals surface area contributed by atoms with Crippen LogP contribution in [0.3, 0.4) is 0 Å². The molecule has 0 aromatic rings. The zero-order valence-corrected chi connectivity index (χ0v) is 7.96. The number of carbonyl (C=O) groups is 1. The molecule has 0 aromatic carbocycles. The molecule has 4 heteroatoms. The molecule has 1 amide bonds. The fraction of sp³-hybridized carbons (Fsp3) is 0.750. The lowest BCUT2D eigenvalue weighted by atomic mass is 9.83. The summed E-state index contributed by atoms with van der Waals surface area (Å²) in [6.45, 7) is 5.66. The molecule has 0 unspecified atom stereocenters. The van der Waals surface area contributed by atoms with Gasteiger partial charge in [0.15, 0.2) is 5.96 Å². The third-order valence-electron chi connectivity index (χ3n) is 2.57. The first-order valence-electron chi connectivity index (χ1n) is 3.99. The Kier molecular flexibility index (Phi) is 1.86. The fourth-order valence-electron chi connectivity index (χ4n) is 1.16. The van der Waals surface area contributed by atoms with Crippen LogP contribution in [-0.4, -0.2) is 29.9 Å². The number of aliphatic imine (C=N–C) groups is 1. The summed E-state index contributed by atoms with van der Waals surface area (Å²) in [7, 11) is 1.65. The first-order chi connectivity index (χ1) is 5.37. The van der Waals surface area contributed by atoms with Gasteiger partial charge < -0.3 is 5.73 Å². The lowest BCUT2D eigenvalue weighted by molar-refractivity contribution is -0.137. The SMILES string of the molecule is C[C@@H]1N=C(N)N(C)C(=O)C1(C)C. The number of nitrogens with zero attached hydrogens (tertiary/aromatic N) is 2. The molecule has 1 rings (SSSR count). The molecule has 2 N–H and O–H groups in total.